The fourth-order valence-corrected chi connectivity index (χ4v) is 1.24. The van der Waals surface area contributed by atoms with E-state index in [2.05, 4.69) is 24.1 Å². The summed E-state index contributed by atoms with van der Waals surface area (Å²) in [7, 11) is 0. The summed E-state index contributed by atoms with van der Waals surface area (Å²) in [5.74, 6) is 0.114. The molecule has 0 heterocycles. The highest BCUT2D eigenvalue weighted by molar-refractivity contribution is 5.85. The number of carbonyl (C=O) groups excluding carboxylic acids is 1. The number of nitrogens with one attached hydrogen (secondary N) is 1. The Labute approximate surface area is 111 Å². The van der Waals surface area contributed by atoms with E-state index >= 15 is 0 Å². The molecule has 0 atom stereocenters. The molecule has 100 valence electrons. The van der Waals surface area contributed by atoms with Crippen LogP contribution in [0.2, 0.25) is 0 Å². The van der Waals surface area contributed by atoms with E-state index in [0.717, 1.165) is 32.6 Å². The molecule has 0 aromatic heterocycles. The number of nitrogens with two attached hydrogens (primary N) is 1. The second-order valence-electron chi connectivity index (χ2n) is 3.27. The van der Waals surface area contributed by atoms with Crippen molar-refractivity contribution in [3.8, 4) is 0 Å². The topological polar surface area (TPSA) is 58.4 Å². The quantitative estimate of drug-likeness (QED) is 0.695. The summed E-state index contributed by atoms with van der Waals surface area (Å²) in [6.45, 7) is 8.58. The summed E-state index contributed by atoms with van der Waals surface area (Å²) in [6, 6.07) is 0. The van der Waals surface area contributed by atoms with Crippen molar-refractivity contribution < 1.29 is 4.79 Å². The number of amides is 1. The first-order valence-corrected chi connectivity index (χ1v) is 5.43. The first-order chi connectivity index (χ1) is 6.74. The molecule has 1 amide bonds. The smallest absolute Gasteiger partial charge is 0.220 e. The minimum Gasteiger partial charge on any atom is -0.355 e. The first kappa shape index (κ1) is 21.3. The molecule has 0 aliphatic rings. The van der Waals surface area contributed by atoms with Crippen LogP contribution in [0.1, 0.15) is 26.7 Å². The van der Waals surface area contributed by atoms with E-state index in [1.807, 2.05) is 0 Å². The fraction of sp³-hybridized carbons (Fsp3) is 0.900. The highest BCUT2D eigenvalue weighted by Gasteiger charge is 2.01. The molecular formula is C10H25Cl2N3O. The average Bonchev–Trinajstić information content (AvgIpc) is 2.21. The van der Waals surface area contributed by atoms with Gasteiger partial charge in [0.15, 0.2) is 0 Å². The molecule has 0 aliphatic carbocycles. The van der Waals surface area contributed by atoms with E-state index in [0.29, 0.717) is 13.0 Å². The average molecular weight is 274 g/mol. The molecule has 0 aromatic rings. The number of hydrogen-bond acceptors (Lipinski definition) is 3. The van der Waals surface area contributed by atoms with Gasteiger partial charge in [-0.2, -0.15) is 0 Å². The monoisotopic (exact) mass is 273 g/mol. The Hall–Kier alpha value is -0.0300. The Balaban J connectivity index is -0.000000845. The van der Waals surface area contributed by atoms with Gasteiger partial charge >= 0.3 is 0 Å². The molecule has 6 heteroatoms. The molecule has 4 nitrogen and oxygen atoms in total. The number of hydrogen-bond donors (Lipinski definition) is 2. The standard InChI is InChI=1S/C10H23N3O.2ClH/c1-3-13(4-2)9-8-12-10(14)6-5-7-11;;/h3-9,11H2,1-2H3,(H,12,14);2*1H. The van der Waals surface area contributed by atoms with Gasteiger partial charge in [0.05, 0.1) is 0 Å². The van der Waals surface area contributed by atoms with Crippen LogP contribution in [-0.2, 0) is 4.79 Å². The van der Waals surface area contributed by atoms with E-state index in [-0.39, 0.29) is 30.7 Å². The van der Waals surface area contributed by atoms with Crippen LogP contribution < -0.4 is 11.1 Å². The molecule has 16 heavy (non-hydrogen) atoms. The van der Waals surface area contributed by atoms with Crippen LogP contribution in [0, 0.1) is 0 Å². The maximum absolute atomic E-state index is 11.2. The number of carbonyl (C=O) groups is 1. The molecule has 0 fully saturated rings. The van der Waals surface area contributed by atoms with Gasteiger partial charge in [0.25, 0.3) is 0 Å². The van der Waals surface area contributed by atoms with Gasteiger partial charge in [-0.3, -0.25) is 4.79 Å². The fourth-order valence-electron chi connectivity index (χ4n) is 1.24. The maximum Gasteiger partial charge on any atom is 0.220 e. The lowest BCUT2D eigenvalue weighted by atomic mass is 10.3. The van der Waals surface area contributed by atoms with Crippen molar-refractivity contribution in [2.75, 3.05) is 32.7 Å². The van der Waals surface area contributed by atoms with Crippen molar-refractivity contribution in [2.24, 2.45) is 5.73 Å². The van der Waals surface area contributed by atoms with Crippen molar-refractivity contribution in [2.45, 2.75) is 26.7 Å². The van der Waals surface area contributed by atoms with Crippen molar-refractivity contribution in [3.63, 3.8) is 0 Å². The predicted octanol–water partition coefficient (Wildman–Crippen LogP) is 1.03. The van der Waals surface area contributed by atoms with Crippen LogP contribution in [-0.4, -0.2) is 43.5 Å². The zero-order chi connectivity index (χ0) is 10.8. The number of likely N-dealkylation sites (N-methyl/N-ethyl adjacent to an activating group) is 1. The largest absolute Gasteiger partial charge is 0.355 e. The van der Waals surface area contributed by atoms with Gasteiger partial charge in [0, 0.05) is 19.5 Å². The normalized spacial score (nSPS) is 9.25. The van der Waals surface area contributed by atoms with Gasteiger partial charge in [-0.1, -0.05) is 13.8 Å². The van der Waals surface area contributed by atoms with Crippen LogP contribution in [0.15, 0.2) is 0 Å². The van der Waals surface area contributed by atoms with E-state index in [1.54, 1.807) is 0 Å². The van der Waals surface area contributed by atoms with Crippen molar-refractivity contribution in [3.05, 3.63) is 0 Å². The molecule has 0 bridgehead atoms. The summed E-state index contributed by atoms with van der Waals surface area (Å²) < 4.78 is 0. The Morgan fingerprint density at radius 1 is 1.25 bits per heavy atom. The van der Waals surface area contributed by atoms with E-state index in [4.69, 9.17) is 5.73 Å². The van der Waals surface area contributed by atoms with Gasteiger partial charge in [-0.25, -0.2) is 0 Å². The van der Waals surface area contributed by atoms with Crippen molar-refractivity contribution in [1.82, 2.24) is 10.2 Å². The second kappa shape index (κ2) is 15.0. The Morgan fingerprint density at radius 2 is 1.81 bits per heavy atom. The summed E-state index contributed by atoms with van der Waals surface area (Å²) in [5, 5.41) is 2.88. The molecule has 0 aromatic carbocycles. The summed E-state index contributed by atoms with van der Waals surface area (Å²) >= 11 is 0. The van der Waals surface area contributed by atoms with Crippen LogP contribution in [0.25, 0.3) is 0 Å². The molecule has 0 radical (unpaired) electrons. The zero-order valence-electron chi connectivity index (χ0n) is 10.2. The highest BCUT2D eigenvalue weighted by atomic mass is 35.5. The minimum absolute atomic E-state index is 0. The summed E-state index contributed by atoms with van der Waals surface area (Å²) in [4.78, 5) is 13.5. The number of rotatable bonds is 8. The van der Waals surface area contributed by atoms with Crippen LogP contribution in [0.3, 0.4) is 0 Å². The lowest BCUT2D eigenvalue weighted by Crippen LogP contribution is -2.34. The zero-order valence-corrected chi connectivity index (χ0v) is 11.8. The van der Waals surface area contributed by atoms with Crippen LogP contribution >= 0.6 is 24.8 Å². The molecule has 0 saturated heterocycles. The number of nitrogens with zero attached hydrogens (tertiary/aromatic N) is 1. The SMILES string of the molecule is CCN(CC)CCNC(=O)CCCN.Cl.Cl. The maximum atomic E-state index is 11.2. The third-order valence-corrected chi connectivity index (χ3v) is 2.25. The molecule has 0 spiro atoms. The molecule has 3 N–H and O–H groups in total. The molecule has 0 unspecified atom stereocenters. The van der Waals surface area contributed by atoms with Crippen molar-refractivity contribution >= 4 is 30.7 Å². The Morgan fingerprint density at radius 3 is 2.25 bits per heavy atom. The van der Waals surface area contributed by atoms with E-state index < -0.39 is 0 Å². The van der Waals surface area contributed by atoms with E-state index in [9.17, 15) is 4.79 Å². The van der Waals surface area contributed by atoms with Gasteiger partial charge in [0.1, 0.15) is 0 Å². The van der Waals surface area contributed by atoms with Crippen LogP contribution in [0.4, 0.5) is 0 Å². The lowest BCUT2D eigenvalue weighted by molar-refractivity contribution is -0.121. The first-order valence-electron chi connectivity index (χ1n) is 5.43. The summed E-state index contributed by atoms with van der Waals surface area (Å²) in [5.41, 5.74) is 5.31. The van der Waals surface area contributed by atoms with Gasteiger partial charge in [-0.05, 0) is 26.1 Å². The Kier molecular flexibility index (Phi) is 19.9. The van der Waals surface area contributed by atoms with Crippen molar-refractivity contribution in [1.29, 1.82) is 0 Å². The highest BCUT2D eigenvalue weighted by Crippen LogP contribution is 1.87. The lowest BCUT2D eigenvalue weighted by Gasteiger charge is -2.17. The molecule has 0 aliphatic heterocycles. The second-order valence-corrected chi connectivity index (χ2v) is 3.27. The van der Waals surface area contributed by atoms with Gasteiger partial charge in [0.2, 0.25) is 5.91 Å². The molecule has 0 rings (SSSR count). The van der Waals surface area contributed by atoms with Gasteiger partial charge in [-0.15, -0.1) is 24.8 Å². The third-order valence-electron chi connectivity index (χ3n) is 2.25. The minimum atomic E-state index is 0. The van der Waals surface area contributed by atoms with Gasteiger partial charge < -0.3 is 16.0 Å². The summed E-state index contributed by atoms with van der Waals surface area (Å²) in [6.07, 6.45) is 1.33. The predicted molar refractivity (Wildman–Crippen MR) is 73.6 cm³/mol. The van der Waals surface area contributed by atoms with Crippen LogP contribution in [0.5, 0.6) is 0 Å². The molecule has 0 saturated carbocycles. The third kappa shape index (κ3) is 12.0. The molecular weight excluding hydrogens is 249 g/mol. The van der Waals surface area contributed by atoms with E-state index in [1.165, 1.54) is 0 Å². The number of halogens is 2. The Bertz CT molecular complexity index is 155.